The number of nitrogen functional groups attached to an aromatic ring is 1. The van der Waals surface area contributed by atoms with E-state index < -0.39 is 18.5 Å². The molecule has 2 aromatic rings. The molecular formula is C10H11ClFN5O2. The summed E-state index contributed by atoms with van der Waals surface area (Å²) in [4.78, 5) is 11.8. The number of imidazole rings is 1. The molecule has 1 aliphatic heterocycles. The number of hydrogen-bond donors (Lipinski definition) is 2. The van der Waals surface area contributed by atoms with Crippen molar-refractivity contribution >= 4 is 28.6 Å². The van der Waals surface area contributed by atoms with E-state index in [0.717, 1.165) is 0 Å². The molecule has 2 aromatic heterocycles. The minimum atomic E-state index is -1.26. The summed E-state index contributed by atoms with van der Waals surface area (Å²) in [5.41, 5.74) is 6.32. The first-order valence-corrected chi connectivity index (χ1v) is 6.04. The van der Waals surface area contributed by atoms with Gasteiger partial charge in [0.2, 0.25) is 5.28 Å². The van der Waals surface area contributed by atoms with Gasteiger partial charge in [0, 0.05) is 6.42 Å². The maximum Gasteiger partial charge on any atom is 0.226 e. The number of aliphatic hydroxyl groups is 1. The average Bonchev–Trinajstić information content (AvgIpc) is 2.92. The highest BCUT2D eigenvalue weighted by atomic mass is 35.5. The van der Waals surface area contributed by atoms with E-state index in [9.17, 15) is 4.39 Å². The van der Waals surface area contributed by atoms with Crippen molar-refractivity contribution in [2.45, 2.75) is 24.9 Å². The van der Waals surface area contributed by atoms with Crippen molar-refractivity contribution in [1.82, 2.24) is 19.5 Å². The summed E-state index contributed by atoms with van der Waals surface area (Å²) in [5, 5.41) is 8.97. The average molecular weight is 288 g/mol. The number of rotatable bonds is 2. The fourth-order valence-electron chi connectivity index (χ4n) is 2.16. The number of nitrogens with zero attached hydrogens (tertiary/aromatic N) is 4. The lowest BCUT2D eigenvalue weighted by molar-refractivity contribution is -0.0351. The summed E-state index contributed by atoms with van der Waals surface area (Å²) in [5.74, 6) is 0.126. The van der Waals surface area contributed by atoms with E-state index in [-0.39, 0.29) is 24.1 Å². The lowest BCUT2D eigenvalue weighted by atomic mass is 10.2. The predicted octanol–water partition coefficient (Wildman–Crippen LogP) is 0.680. The molecule has 3 heterocycles. The van der Waals surface area contributed by atoms with Gasteiger partial charge in [0.1, 0.15) is 11.7 Å². The van der Waals surface area contributed by atoms with Crippen LogP contribution in [-0.4, -0.2) is 43.5 Å². The number of nitrogens with two attached hydrogens (primary N) is 1. The van der Waals surface area contributed by atoms with Gasteiger partial charge < -0.3 is 15.6 Å². The van der Waals surface area contributed by atoms with Gasteiger partial charge in [0.05, 0.1) is 19.0 Å². The van der Waals surface area contributed by atoms with Crippen LogP contribution in [0.4, 0.5) is 10.2 Å². The lowest BCUT2D eigenvalue weighted by Crippen LogP contribution is -2.17. The van der Waals surface area contributed by atoms with Gasteiger partial charge in [0.25, 0.3) is 0 Å². The van der Waals surface area contributed by atoms with E-state index in [4.69, 9.17) is 27.2 Å². The van der Waals surface area contributed by atoms with Gasteiger partial charge in [0.15, 0.2) is 17.7 Å². The zero-order chi connectivity index (χ0) is 13.6. The highest BCUT2D eigenvalue weighted by molar-refractivity contribution is 6.28. The van der Waals surface area contributed by atoms with Crippen LogP contribution >= 0.6 is 11.6 Å². The number of aromatic nitrogens is 4. The normalized spacial score (nSPS) is 27.2. The minimum absolute atomic E-state index is 0.0427. The van der Waals surface area contributed by atoms with Crippen LogP contribution in [0.5, 0.6) is 0 Å². The Balaban J connectivity index is 2.06. The molecule has 0 spiro atoms. The molecule has 1 aliphatic rings. The molecule has 19 heavy (non-hydrogen) atoms. The standard InChI is InChI=1S/C10H11ClFN5O2/c11-10-15-7(13)6-8(16-10)17(3-14-6)9-5(12)1-4(2-18)19-9/h3-5,9,18H,1-2H2,(H2,13,15,16)/t4-,5+,9+/m0/s1. The van der Waals surface area contributed by atoms with Crippen molar-refractivity contribution in [2.24, 2.45) is 0 Å². The second-order valence-corrected chi connectivity index (χ2v) is 4.62. The Bertz CT molecular complexity index is 621. The summed E-state index contributed by atoms with van der Waals surface area (Å²) in [7, 11) is 0. The van der Waals surface area contributed by atoms with Crippen LogP contribution < -0.4 is 5.73 Å². The van der Waals surface area contributed by atoms with Gasteiger partial charge in [-0.05, 0) is 11.6 Å². The first-order valence-electron chi connectivity index (χ1n) is 5.66. The van der Waals surface area contributed by atoms with E-state index in [1.54, 1.807) is 0 Å². The molecule has 1 fully saturated rings. The molecule has 0 aliphatic carbocycles. The Morgan fingerprint density at radius 1 is 1.58 bits per heavy atom. The number of halogens is 2. The van der Waals surface area contributed by atoms with Gasteiger partial charge in [-0.15, -0.1) is 0 Å². The summed E-state index contributed by atoms with van der Waals surface area (Å²) < 4.78 is 20.8. The molecular weight excluding hydrogens is 277 g/mol. The Morgan fingerprint density at radius 2 is 2.37 bits per heavy atom. The number of anilines is 1. The second kappa shape index (κ2) is 4.55. The number of fused-ring (bicyclic) bond motifs is 1. The van der Waals surface area contributed by atoms with Crippen molar-refractivity contribution < 1.29 is 14.2 Å². The molecule has 1 saturated heterocycles. The number of ether oxygens (including phenoxy) is 1. The van der Waals surface area contributed by atoms with Crippen molar-refractivity contribution in [3.8, 4) is 0 Å². The lowest BCUT2D eigenvalue weighted by Gasteiger charge is -2.15. The Labute approximate surface area is 112 Å². The van der Waals surface area contributed by atoms with E-state index in [1.807, 2.05) is 0 Å². The van der Waals surface area contributed by atoms with Crippen LogP contribution in [0, 0.1) is 0 Å². The Morgan fingerprint density at radius 3 is 3.05 bits per heavy atom. The highest BCUT2D eigenvalue weighted by Gasteiger charge is 2.37. The van der Waals surface area contributed by atoms with Crippen molar-refractivity contribution in [2.75, 3.05) is 12.3 Å². The Kier molecular flexibility index (Phi) is 3.00. The van der Waals surface area contributed by atoms with Crippen molar-refractivity contribution in [3.05, 3.63) is 11.6 Å². The third-order valence-corrected chi connectivity index (χ3v) is 3.20. The molecule has 0 bridgehead atoms. The van der Waals surface area contributed by atoms with Gasteiger partial charge in [-0.3, -0.25) is 4.57 Å². The molecule has 102 valence electrons. The van der Waals surface area contributed by atoms with E-state index >= 15 is 0 Å². The quantitative estimate of drug-likeness (QED) is 0.788. The van der Waals surface area contributed by atoms with Crippen LogP contribution in [0.15, 0.2) is 6.33 Å². The third-order valence-electron chi connectivity index (χ3n) is 3.03. The van der Waals surface area contributed by atoms with Crippen LogP contribution in [0.1, 0.15) is 12.6 Å². The molecule has 0 amide bonds. The second-order valence-electron chi connectivity index (χ2n) is 4.28. The number of hydrogen-bond acceptors (Lipinski definition) is 6. The van der Waals surface area contributed by atoms with Crippen LogP contribution in [0.2, 0.25) is 5.28 Å². The molecule has 3 atom stereocenters. The number of alkyl halides is 1. The molecule has 7 nitrogen and oxygen atoms in total. The SMILES string of the molecule is Nc1nc(Cl)nc2c1ncn2[C@@H]1O[C@H](CO)C[C@H]1F. The molecule has 0 aromatic carbocycles. The smallest absolute Gasteiger partial charge is 0.226 e. The van der Waals surface area contributed by atoms with E-state index in [2.05, 4.69) is 15.0 Å². The van der Waals surface area contributed by atoms with Gasteiger partial charge in [-0.1, -0.05) is 0 Å². The summed E-state index contributed by atoms with van der Waals surface area (Å²) >= 11 is 5.73. The molecule has 3 N–H and O–H groups in total. The van der Waals surface area contributed by atoms with E-state index in [0.29, 0.717) is 11.2 Å². The van der Waals surface area contributed by atoms with Gasteiger partial charge in [-0.2, -0.15) is 9.97 Å². The summed E-state index contributed by atoms with van der Waals surface area (Å²) in [6, 6.07) is 0. The zero-order valence-electron chi connectivity index (χ0n) is 9.70. The third kappa shape index (κ3) is 2.01. The fourth-order valence-corrected chi connectivity index (χ4v) is 2.33. The topological polar surface area (TPSA) is 99.1 Å². The molecule has 0 radical (unpaired) electrons. The van der Waals surface area contributed by atoms with E-state index in [1.165, 1.54) is 10.9 Å². The van der Waals surface area contributed by atoms with Gasteiger partial charge >= 0.3 is 0 Å². The fraction of sp³-hybridized carbons (Fsp3) is 0.500. The highest BCUT2D eigenvalue weighted by Crippen LogP contribution is 2.33. The molecule has 0 unspecified atom stereocenters. The van der Waals surface area contributed by atoms with Gasteiger partial charge in [-0.25, -0.2) is 9.37 Å². The van der Waals surface area contributed by atoms with Crippen LogP contribution in [-0.2, 0) is 4.74 Å². The molecule has 9 heteroatoms. The van der Waals surface area contributed by atoms with Crippen LogP contribution in [0.25, 0.3) is 11.2 Å². The number of aliphatic hydroxyl groups excluding tert-OH is 1. The summed E-state index contributed by atoms with van der Waals surface area (Å²) in [6.45, 7) is -0.235. The zero-order valence-corrected chi connectivity index (χ0v) is 10.5. The largest absolute Gasteiger partial charge is 0.394 e. The van der Waals surface area contributed by atoms with Crippen molar-refractivity contribution in [3.63, 3.8) is 0 Å². The minimum Gasteiger partial charge on any atom is -0.394 e. The summed E-state index contributed by atoms with van der Waals surface area (Å²) in [6.07, 6.45) is -1.19. The first kappa shape index (κ1) is 12.5. The monoisotopic (exact) mass is 287 g/mol. The van der Waals surface area contributed by atoms with Crippen LogP contribution in [0.3, 0.4) is 0 Å². The molecule has 3 rings (SSSR count). The predicted molar refractivity (Wildman–Crippen MR) is 65.3 cm³/mol. The Hall–Kier alpha value is -1.51. The maximum atomic E-state index is 13.9. The van der Waals surface area contributed by atoms with Crippen molar-refractivity contribution in [1.29, 1.82) is 0 Å². The first-order chi connectivity index (χ1) is 9.10. The maximum absolute atomic E-state index is 13.9. The molecule has 0 saturated carbocycles.